The summed E-state index contributed by atoms with van der Waals surface area (Å²) in [5.41, 5.74) is 1.31. The summed E-state index contributed by atoms with van der Waals surface area (Å²) in [5, 5.41) is 13.7. The Bertz CT molecular complexity index is 324. The van der Waals surface area contributed by atoms with Crippen LogP contribution < -0.4 is 0 Å². The lowest BCUT2D eigenvalue weighted by molar-refractivity contribution is 0.0702. The SMILES string of the molecule is Cn1cc(CCCN2CCCC(O)C2)cn1. The zero-order valence-electron chi connectivity index (χ0n) is 9.97. The number of rotatable bonds is 4. The van der Waals surface area contributed by atoms with Crippen molar-refractivity contribution < 1.29 is 5.11 Å². The van der Waals surface area contributed by atoms with Gasteiger partial charge in [0.25, 0.3) is 0 Å². The van der Waals surface area contributed by atoms with Crippen LogP contribution in [0.25, 0.3) is 0 Å². The van der Waals surface area contributed by atoms with Gasteiger partial charge in [0.1, 0.15) is 0 Å². The molecule has 1 unspecified atom stereocenters. The molecule has 0 amide bonds. The Hall–Kier alpha value is -0.870. The van der Waals surface area contributed by atoms with Gasteiger partial charge in [-0.05, 0) is 44.3 Å². The average molecular weight is 223 g/mol. The summed E-state index contributed by atoms with van der Waals surface area (Å²) in [6.07, 6.45) is 8.24. The fourth-order valence-corrected chi connectivity index (χ4v) is 2.34. The molecule has 4 nitrogen and oxygen atoms in total. The van der Waals surface area contributed by atoms with Crippen molar-refractivity contribution in [3.63, 3.8) is 0 Å². The van der Waals surface area contributed by atoms with E-state index in [-0.39, 0.29) is 6.10 Å². The van der Waals surface area contributed by atoms with Gasteiger partial charge in [-0.1, -0.05) is 0 Å². The summed E-state index contributed by atoms with van der Waals surface area (Å²) < 4.78 is 1.85. The Morgan fingerprint density at radius 3 is 3.12 bits per heavy atom. The first-order chi connectivity index (χ1) is 7.74. The van der Waals surface area contributed by atoms with Crippen molar-refractivity contribution in [2.45, 2.75) is 31.8 Å². The first-order valence-corrected chi connectivity index (χ1v) is 6.12. The van der Waals surface area contributed by atoms with E-state index in [9.17, 15) is 5.11 Å². The quantitative estimate of drug-likeness (QED) is 0.821. The minimum absolute atomic E-state index is 0.104. The van der Waals surface area contributed by atoms with Gasteiger partial charge in [0.15, 0.2) is 0 Å². The maximum absolute atomic E-state index is 9.54. The third-order valence-electron chi connectivity index (χ3n) is 3.18. The van der Waals surface area contributed by atoms with E-state index >= 15 is 0 Å². The summed E-state index contributed by atoms with van der Waals surface area (Å²) in [5.74, 6) is 0. The smallest absolute Gasteiger partial charge is 0.0667 e. The van der Waals surface area contributed by atoms with Crippen LogP contribution in [0, 0.1) is 0 Å². The minimum atomic E-state index is -0.104. The monoisotopic (exact) mass is 223 g/mol. The van der Waals surface area contributed by atoms with Gasteiger partial charge in [-0.15, -0.1) is 0 Å². The average Bonchev–Trinajstić information content (AvgIpc) is 2.64. The number of hydrogen-bond acceptors (Lipinski definition) is 3. The van der Waals surface area contributed by atoms with Crippen molar-refractivity contribution in [2.24, 2.45) is 7.05 Å². The van der Waals surface area contributed by atoms with Crippen LogP contribution in [0.15, 0.2) is 12.4 Å². The second kappa shape index (κ2) is 5.46. The molecule has 16 heavy (non-hydrogen) atoms. The van der Waals surface area contributed by atoms with Crippen molar-refractivity contribution in [1.82, 2.24) is 14.7 Å². The standard InChI is InChI=1S/C12H21N3O/c1-14-9-11(8-13-14)4-2-6-15-7-3-5-12(16)10-15/h8-9,12,16H,2-7,10H2,1H3. The molecule has 1 fully saturated rings. The van der Waals surface area contributed by atoms with Crippen molar-refractivity contribution in [3.8, 4) is 0 Å². The van der Waals surface area contributed by atoms with Gasteiger partial charge >= 0.3 is 0 Å². The summed E-state index contributed by atoms with van der Waals surface area (Å²) in [4.78, 5) is 2.37. The molecule has 0 radical (unpaired) electrons. The number of hydrogen-bond donors (Lipinski definition) is 1. The molecule has 0 spiro atoms. The fourth-order valence-electron chi connectivity index (χ4n) is 2.34. The zero-order valence-corrected chi connectivity index (χ0v) is 9.97. The Labute approximate surface area is 96.9 Å². The van der Waals surface area contributed by atoms with E-state index in [0.29, 0.717) is 0 Å². The Kier molecular flexibility index (Phi) is 3.96. The van der Waals surface area contributed by atoms with Crippen LogP contribution in [0.3, 0.4) is 0 Å². The highest BCUT2D eigenvalue weighted by Crippen LogP contribution is 2.11. The number of piperidine rings is 1. The first-order valence-electron chi connectivity index (χ1n) is 6.12. The third kappa shape index (κ3) is 3.32. The van der Waals surface area contributed by atoms with Crippen LogP contribution in [-0.4, -0.2) is 45.5 Å². The number of aryl methyl sites for hydroxylation is 2. The van der Waals surface area contributed by atoms with Crippen molar-refractivity contribution in [2.75, 3.05) is 19.6 Å². The number of nitrogens with zero attached hydrogens (tertiary/aromatic N) is 3. The maximum atomic E-state index is 9.54. The predicted molar refractivity (Wildman–Crippen MR) is 63.2 cm³/mol. The second-order valence-electron chi connectivity index (χ2n) is 4.72. The normalized spacial score (nSPS) is 22.5. The van der Waals surface area contributed by atoms with Gasteiger partial charge < -0.3 is 10.0 Å². The lowest BCUT2D eigenvalue weighted by Crippen LogP contribution is -2.38. The highest BCUT2D eigenvalue weighted by molar-refractivity contribution is 5.03. The molecule has 0 aromatic carbocycles. The molecule has 0 bridgehead atoms. The van der Waals surface area contributed by atoms with E-state index < -0.39 is 0 Å². The Morgan fingerprint density at radius 1 is 1.56 bits per heavy atom. The van der Waals surface area contributed by atoms with Crippen LogP contribution in [0.1, 0.15) is 24.8 Å². The topological polar surface area (TPSA) is 41.3 Å². The summed E-state index contributed by atoms with van der Waals surface area (Å²) >= 11 is 0. The van der Waals surface area contributed by atoms with E-state index in [2.05, 4.69) is 16.2 Å². The van der Waals surface area contributed by atoms with Crippen LogP contribution in [0.2, 0.25) is 0 Å². The van der Waals surface area contributed by atoms with Crippen LogP contribution in [0.5, 0.6) is 0 Å². The largest absolute Gasteiger partial charge is 0.392 e. The van der Waals surface area contributed by atoms with Crippen LogP contribution in [0.4, 0.5) is 0 Å². The van der Waals surface area contributed by atoms with Gasteiger partial charge in [0, 0.05) is 19.8 Å². The summed E-state index contributed by atoms with van der Waals surface area (Å²) in [6, 6.07) is 0. The van der Waals surface area contributed by atoms with Crippen molar-refractivity contribution in [3.05, 3.63) is 18.0 Å². The lowest BCUT2D eigenvalue weighted by atomic mass is 10.1. The number of aliphatic hydroxyl groups excluding tert-OH is 1. The van der Waals surface area contributed by atoms with Crippen LogP contribution >= 0.6 is 0 Å². The molecule has 90 valence electrons. The van der Waals surface area contributed by atoms with E-state index in [1.54, 1.807) is 0 Å². The number of aliphatic hydroxyl groups is 1. The predicted octanol–water partition coefficient (Wildman–Crippen LogP) is 0.809. The molecule has 1 aromatic heterocycles. The number of likely N-dealkylation sites (tertiary alicyclic amines) is 1. The van der Waals surface area contributed by atoms with Gasteiger partial charge in [-0.3, -0.25) is 4.68 Å². The minimum Gasteiger partial charge on any atom is -0.392 e. The van der Waals surface area contributed by atoms with Gasteiger partial charge in [0.05, 0.1) is 12.3 Å². The molecule has 1 N–H and O–H groups in total. The molecule has 0 aliphatic carbocycles. The molecule has 2 heterocycles. The third-order valence-corrected chi connectivity index (χ3v) is 3.18. The summed E-state index contributed by atoms with van der Waals surface area (Å²) in [6.45, 7) is 3.09. The van der Waals surface area contributed by atoms with Crippen LogP contribution in [-0.2, 0) is 13.5 Å². The number of β-amino-alcohol motifs (C(OH)–C–C–N with tert-alkyl or cyclic N) is 1. The molecule has 1 saturated heterocycles. The molecule has 4 heteroatoms. The van der Waals surface area contributed by atoms with Gasteiger partial charge in [-0.2, -0.15) is 5.10 Å². The van der Waals surface area contributed by atoms with Crippen molar-refractivity contribution >= 4 is 0 Å². The molecule has 1 atom stereocenters. The molecule has 2 rings (SSSR count). The molecule has 1 aromatic rings. The molecular formula is C12H21N3O. The van der Waals surface area contributed by atoms with E-state index in [4.69, 9.17) is 0 Å². The highest BCUT2D eigenvalue weighted by Gasteiger charge is 2.16. The number of aromatic nitrogens is 2. The second-order valence-corrected chi connectivity index (χ2v) is 4.72. The van der Waals surface area contributed by atoms with E-state index in [1.807, 2.05) is 17.9 Å². The van der Waals surface area contributed by atoms with Gasteiger partial charge in [0.2, 0.25) is 0 Å². The highest BCUT2D eigenvalue weighted by atomic mass is 16.3. The summed E-state index contributed by atoms with van der Waals surface area (Å²) in [7, 11) is 1.95. The first kappa shape index (κ1) is 11.6. The maximum Gasteiger partial charge on any atom is 0.0667 e. The Morgan fingerprint density at radius 2 is 2.44 bits per heavy atom. The van der Waals surface area contributed by atoms with Gasteiger partial charge in [-0.25, -0.2) is 0 Å². The van der Waals surface area contributed by atoms with E-state index in [0.717, 1.165) is 45.3 Å². The molecular weight excluding hydrogens is 202 g/mol. The van der Waals surface area contributed by atoms with E-state index in [1.165, 1.54) is 5.56 Å². The molecule has 1 aliphatic heterocycles. The molecule has 0 saturated carbocycles. The van der Waals surface area contributed by atoms with Crippen molar-refractivity contribution in [1.29, 1.82) is 0 Å². The fraction of sp³-hybridized carbons (Fsp3) is 0.750. The lowest BCUT2D eigenvalue weighted by Gasteiger charge is -2.29. The zero-order chi connectivity index (χ0) is 11.4. The Balaban J connectivity index is 1.67. The molecule has 1 aliphatic rings.